The molecule has 130 valence electrons. The van der Waals surface area contributed by atoms with Crippen molar-refractivity contribution in [2.24, 2.45) is 0 Å². The van der Waals surface area contributed by atoms with Gasteiger partial charge in [-0.05, 0) is 43.4 Å². The smallest absolute Gasteiger partial charge is 0.220 e. The van der Waals surface area contributed by atoms with Gasteiger partial charge in [0.2, 0.25) is 5.95 Å². The summed E-state index contributed by atoms with van der Waals surface area (Å²) in [5.74, 6) is 0.386. The Bertz CT molecular complexity index is 1010. The van der Waals surface area contributed by atoms with Gasteiger partial charge in [-0.25, -0.2) is 9.97 Å². The van der Waals surface area contributed by atoms with E-state index in [9.17, 15) is 4.79 Å². The third-order valence-corrected chi connectivity index (χ3v) is 5.03. The van der Waals surface area contributed by atoms with E-state index in [1.165, 1.54) is 0 Å². The number of hydrogen-bond acceptors (Lipinski definition) is 5. The highest BCUT2D eigenvalue weighted by atomic mass is 16.1. The molecule has 2 N–H and O–H groups in total. The first-order valence-electron chi connectivity index (χ1n) is 8.71. The fourth-order valence-electron chi connectivity index (χ4n) is 3.88. The highest BCUT2D eigenvalue weighted by Gasteiger charge is 2.31. The molecule has 3 aromatic rings. The largest absolute Gasteiger partial charge is 0.368 e. The summed E-state index contributed by atoms with van der Waals surface area (Å²) in [7, 11) is 0. The Morgan fingerprint density at radius 1 is 0.962 bits per heavy atom. The third-order valence-electron chi connectivity index (χ3n) is 5.03. The summed E-state index contributed by atoms with van der Waals surface area (Å²) in [6.07, 6.45) is 2.94. The Morgan fingerprint density at radius 3 is 2.54 bits per heavy atom. The van der Waals surface area contributed by atoms with E-state index in [1.54, 1.807) is 6.20 Å². The Morgan fingerprint density at radius 2 is 1.73 bits per heavy atom. The lowest BCUT2D eigenvalue weighted by Crippen LogP contribution is -2.23. The fraction of sp³-hybridized carbons (Fsp3) is 0.238. The molecule has 0 spiro atoms. The molecule has 0 aliphatic heterocycles. The van der Waals surface area contributed by atoms with Crippen LogP contribution in [-0.4, -0.2) is 20.7 Å². The lowest BCUT2D eigenvalue weighted by Gasteiger charge is -2.26. The van der Waals surface area contributed by atoms with E-state index in [1.807, 2.05) is 32.0 Å². The van der Waals surface area contributed by atoms with Crippen molar-refractivity contribution in [2.75, 3.05) is 5.73 Å². The van der Waals surface area contributed by atoms with Gasteiger partial charge < -0.3 is 5.73 Å². The van der Waals surface area contributed by atoms with Crippen LogP contribution in [0.5, 0.6) is 0 Å². The second kappa shape index (κ2) is 6.33. The van der Waals surface area contributed by atoms with E-state index in [0.29, 0.717) is 24.1 Å². The van der Waals surface area contributed by atoms with Gasteiger partial charge in [0.25, 0.3) is 0 Å². The predicted molar refractivity (Wildman–Crippen MR) is 101 cm³/mol. The van der Waals surface area contributed by atoms with Crippen molar-refractivity contribution in [1.29, 1.82) is 0 Å². The quantitative estimate of drug-likeness (QED) is 0.767. The molecular formula is C21H20N4O. The fourth-order valence-corrected chi connectivity index (χ4v) is 3.88. The lowest BCUT2D eigenvalue weighted by molar-refractivity contribution is 0.0962. The van der Waals surface area contributed by atoms with Crippen molar-refractivity contribution in [1.82, 2.24) is 15.0 Å². The van der Waals surface area contributed by atoms with Crippen LogP contribution in [-0.2, 0) is 6.42 Å². The van der Waals surface area contributed by atoms with Gasteiger partial charge >= 0.3 is 0 Å². The van der Waals surface area contributed by atoms with Crippen molar-refractivity contribution in [2.45, 2.75) is 32.6 Å². The summed E-state index contributed by atoms with van der Waals surface area (Å²) in [5.41, 5.74) is 12.2. The molecule has 2 heterocycles. The molecule has 0 radical (unpaired) electrons. The molecule has 26 heavy (non-hydrogen) atoms. The topological polar surface area (TPSA) is 81.8 Å². The molecule has 1 atom stereocenters. The van der Waals surface area contributed by atoms with Crippen LogP contribution in [0.2, 0.25) is 0 Å². The van der Waals surface area contributed by atoms with Gasteiger partial charge in [0.15, 0.2) is 5.78 Å². The SMILES string of the molecule is Cc1ncccc1-c1ccccc1C1CC(=O)c2c(C)nc(N)nc2C1. The lowest BCUT2D eigenvalue weighted by atomic mass is 9.78. The van der Waals surface area contributed by atoms with Crippen LogP contribution in [0.3, 0.4) is 0 Å². The summed E-state index contributed by atoms with van der Waals surface area (Å²) in [4.78, 5) is 25.7. The number of benzene rings is 1. The number of aromatic nitrogens is 3. The number of hydrogen-bond donors (Lipinski definition) is 1. The molecule has 5 nitrogen and oxygen atoms in total. The Hall–Kier alpha value is -3.08. The van der Waals surface area contributed by atoms with Crippen LogP contribution in [0.1, 0.15) is 45.3 Å². The Kier molecular flexibility index (Phi) is 3.99. The van der Waals surface area contributed by atoms with E-state index < -0.39 is 0 Å². The van der Waals surface area contributed by atoms with Crippen LogP contribution in [0, 0.1) is 13.8 Å². The standard InChI is InChI=1S/C21H20N4O/c1-12-15(8-5-9-23-12)17-7-4-3-6-16(17)14-10-18-20(19(26)11-14)13(2)24-21(22)25-18/h3-9,14H,10-11H2,1-2H3,(H2,22,24,25). The minimum Gasteiger partial charge on any atom is -0.368 e. The molecule has 1 aliphatic rings. The van der Waals surface area contributed by atoms with Crippen molar-refractivity contribution in [3.63, 3.8) is 0 Å². The van der Waals surface area contributed by atoms with E-state index >= 15 is 0 Å². The maximum absolute atomic E-state index is 12.8. The van der Waals surface area contributed by atoms with Gasteiger partial charge in [-0.2, -0.15) is 0 Å². The zero-order valence-electron chi connectivity index (χ0n) is 14.9. The molecule has 0 amide bonds. The number of aryl methyl sites for hydroxylation is 2. The molecule has 0 saturated heterocycles. The maximum atomic E-state index is 12.8. The molecule has 1 aliphatic carbocycles. The third kappa shape index (κ3) is 2.75. The highest BCUT2D eigenvalue weighted by Crippen LogP contribution is 2.38. The summed E-state index contributed by atoms with van der Waals surface area (Å²) in [6, 6.07) is 12.3. The van der Waals surface area contributed by atoms with Crippen LogP contribution < -0.4 is 5.73 Å². The van der Waals surface area contributed by atoms with Gasteiger partial charge in [-0.1, -0.05) is 30.3 Å². The summed E-state index contributed by atoms with van der Waals surface area (Å²) >= 11 is 0. The van der Waals surface area contributed by atoms with E-state index in [-0.39, 0.29) is 17.6 Å². The normalized spacial score (nSPS) is 16.4. The molecule has 1 aromatic carbocycles. The number of pyridine rings is 1. The number of anilines is 1. The van der Waals surface area contributed by atoms with Gasteiger partial charge in [-0.15, -0.1) is 0 Å². The molecule has 0 saturated carbocycles. The van der Waals surface area contributed by atoms with Crippen LogP contribution in [0.15, 0.2) is 42.6 Å². The van der Waals surface area contributed by atoms with Gasteiger partial charge in [0.05, 0.1) is 17.0 Å². The molecular weight excluding hydrogens is 324 g/mol. The molecule has 0 fully saturated rings. The number of carbonyl (C=O) groups is 1. The first-order valence-corrected chi connectivity index (χ1v) is 8.71. The molecule has 0 bridgehead atoms. The number of Topliss-reactive ketones (excluding diaryl/α,β-unsaturated/α-hetero) is 1. The average Bonchev–Trinajstić information content (AvgIpc) is 2.61. The first kappa shape index (κ1) is 16.4. The molecule has 2 aromatic heterocycles. The first-order chi connectivity index (χ1) is 12.5. The zero-order valence-corrected chi connectivity index (χ0v) is 14.9. The van der Waals surface area contributed by atoms with Gasteiger partial charge in [0, 0.05) is 23.9 Å². The zero-order chi connectivity index (χ0) is 18.3. The number of carbonyl (C=O) groups excluding carboxylic acids is 1. The number of nitrogen functional groups attached to an aromatic ring is 1. The van der Waals surface area contributed by atoms with Crippen LogP contribution in [0.25, 0.3) is 11.1 Å². The minimum absolute atomic E-state index is 0.0690. The van der Waals surface area contributed by atoms with E-state index in [0.717, 1.165) is 28.1 Å². The van der Waals surface area contributed by atoms with Crippen LogP contribution >= 0.6 is 0 Å². The van der Waals surface area contributed by atoms with Crippen molar-refractivity contribution >= 4 is 11.7 Å². The minimum atomic E-state index is 0.0690. The Labute approximate surface area is 152 Å². The van der Waals surface area contributed by atoms with Crippen molar-refractivity contribution in [3.05, 3.63) is 70.8 Å². The summed E-state index contributed by atoms with van der Waals surface area (Å²) in [6.45, 7) is 3.83. The second-order valence-corrected chi connectivity index (χ2v) is 6.74. The predicted octanol–water partition coefficient (Wildman–Crippen LogP) is 3.65. The number of fused-ring (bicyclic) bond motifs is 1. The summed E-state index contributed by atoms with van der Waals surface area (Å²) in [5, 5.41) is 0. The van der Waals surface area contributed by atoms with E-state index in [4.69, 9.17) is 5.73 Å². The Balaban J connectivity index is 1.81. The number of nitrogens with two attached hydrogens (primary N) is 1. The molecule has 5 heteroatoms. The molecule has 1 unspecified atom stereocenters. The monoisotopic (exact) mass is 344 g/mol. The average molecular weight is 344 g/mol. The maximum Gasteiger partial charge on any atom is 0.220 e. The second-order valence-electron chi connectivity index (χ2n) is 6.74. The van der Waals surface area contributed by atoms with Crippen LogP contribution in [0.4, 0.5) is 5.95 Å². The van der Waals surface area contributed by atoms with Gasteiger partial charge in [-0.3, -0.25) is 9.78 Å². The van der Waals surface area contributed by atoms with Crippen molar-refractivity contribution in [3.8, 4) is 11.1 Å². The van der Waals surface area contributed by atoms with Gasteiger partial charge in [0.1, 0.15) is 0 Å². The highest BCUT2D eigenvalue weighted by molar-refractivity contribution is 6.00. The molecule has 4 rings (SSSR count). The van der Waals surface area contributed by atoms with Crippen molar-refractivity contribution < 1.29 is 4.79 Å². The number of rotatable bonds is 2. The van der Waals surface area contributed by atoms with E-state index in [2.05, 4.69) is 33.2 Å². The summed E-state index contributed by atoms with van der Waals surface area (Å²) < 4.78 is 0. The number of nitrogens with zero attached hydrogens (tertiary/aromatic N) is 3. The number of ketones is 1.